The lowest BCUT2D eigenvalue weighted by Crippen LogP contribution is -2.08. The molecule has 106 valence electrons. The van der Waals surface area contributed by atoms with Crippen molar-refractivity contribution in [2.45, 2.75) is 13.0 Å². The Kier molecular flexibility index (Phi) is 3.54. The predicted octanol–water partition coefficient (Wildman–Crippen LogP) is 2.46. The van der Waals surface area contributed by atoms with Crippen molar-refractivity contribution in [1.29, 1.82) is 0 Å². The summed E-state index contributed by atoms with van der Waals surface area (Å²) in [5.74, 6) is 0.848. The van der Waals surface area contributed by atoms with Crippen LogP contribution in [0.3, 0.4) is 0 Å². The third-order valence-electron chi connectivity index (χ3n) is 3.71. The van der Waals surface area contributed by atoms with Crippen LogP contribution in [0.2, 0.25) is 0 Å². The molecule has 21 heavy (non-hydrogen) atoms. The highest BCUT2D eigenvalue weighted by Crippen LogP contribution is 2.16. The molecule has 0 aliphatic carbocycles. The minimum absolute atomic E-state index is 0.0666. The highest BCUT2D eigenvalue weighted by molar-refractivity contribution is 5.97. The maximum atomic E-state index is 12.4. The molecule has 0 aliphatic heterocycles. The highest BCUT2D eigenvalue weighted by atomic mass is 16.1. The third-order valence-corrected chi connectivity index (χ3v) is 3.71. The predicted molar refractivity (Wildman–Crippen MR) is 83.1 cm³/mol. The summed E-state index contributed by atoms with van der Waals surface area (Å²) in [6, 6.07) is 15.3. The first-order valence-electron chi connectivity index (χ1n) is 6.91. The molecular formula is C17H17N3O. The van der Waals surface area contributed by atoms with Gasteiger partial charge in [-0.3, -0.25) is 4.79 Å². The first kappa shape index (κ1) is 13.5. The Labute approximate surface area is 123 Å². The second-order valence-electron chi connectivity index (χ2n) is 5.08. The molecule has 0 saturated heterocycles. The van der Waals surface area contributed by atoms with E-state index >= 15 is 0 Å². The van der Waals surface area contributed by atoms with E-state index in [2.05, 4.69) is 4.98 Å². The van der Waals surface area contributed by atoms with Crippen LogP contribution >= 0.6 is 0 Å². The van der Waals surface area contributed by atoms with Gasteiger partial charge in [-0.15, -0.1) is 0 Å². The number of hydrogen-bond donors (Lipinski definition) is 1. The number of Topliss-reactive ketones (excluding diaryl/α,β-unsaturated/α-hetero) is 1. The lowest BCUT2D eigenvalue weighted by Gasteiger charge is -2.03. The number of fused-ring (bicyclic) bond motifs is 1. The van der Waals surface area contributed by atoms with E-state index in [1.54, 1.807) is 0 Å². The number of carbonyl (C=O) groups is 1. The van der Waals surface area contributed by atoms with Crippen LogP contribution in [0.1, 0.15) is 21.7 Å². The van der Waals surface area contributed by atoms with Crippen molar-refractivity contribution in [3.63, 3.8) is 0 Å². The van der Waals surface area contributed by atoms with E-state index in [4.69, 9.17) is 5.73 Å². The molecule has 0 radical (unpaired) electrons. The van der Waals surface area contributed by atoms with Gasteiger partial charge in [0.2, 0.25) is 0 Å². The van der Waals surface area contributed by atoms with Crippen molar-refractivity contribution in [2.24, 2.45) is 12.8 Å². The summed E-state index contributed by atoms with van der Waals surface area (Å²) < 4.78 is 1.97. The van der Waals surface area contributed by atoms with Gasteiger partial charge in [0.25, 0.3) is 0 Å². The average Bonchev–Trinajstić information content (AvgIpc) is 2.84. The van der Waals surface area contributed by atoms with E-state index in [1.807, 2.05) is 60.1 Å². The standard InChI is InChI=1S/C17H17N3O/c1-20-15-5-3-2-4-14(15)19-17(20)10-16(21)13-8-6-12(11-18)7-9-13/h2-9H,10-11,18H2,1H3. The Hall–Kier alpha value is -2.46. The number of aromatic nitrogens is 2. The number of rotatable bonds is 4. The van der Waals surface area contributed by atoms with Gasteiger partial charge in [-0.2, -0.15) is 0 Å². The van der Waals surface area contributed by atoms with E-state index in [0.29, 0.717) is 18.5 Å². The number of para-hydroxylation sites is 2. The van der Waals surface area contributed by atoms with Crippen LogP contribution in [0.5, 0.6) is 0 Å². The van der Waals surface area contributed by atoms with Crippen LogP contribution in [-0.4, -0.2) is 15.3 Å². The molecule has 3 aromatic rings. The Bertz CT molecular complexity index is 787. The molecule has 4 nitrogen and oxygen atoms in total. The monoisotopic (exact) mass is 279 g/mol. The summed E-state index contributed by atoms with van der Waals surface area (Å²) in [4.78, 5) is 16.9. The minimum atomic E-state index is 0.0666. The zero-order chi connectivity index (χ0) is 14.8. The second kappa shape index (κ2) is 5.50. The Balaban J connectivity index is 1.87. The Morgan fingerprint density at radius 3 is 2.52 bits per heavy atom. The van der Waals surface area contributed by atoms with Gasteiger partial charge in [-0.25, -0.2) is 4.98 Å². The fourth-order valence-corrected chi connectivity index (χ4v) is 2.43. The van der Waals surface area contributed by atoms with Crippen molar-refractivity contribution in [3.8, 4) is 0 Å². The van der Waals surface area contributed by atoms with Crippen LogP contribution in [0.15, 0.2) is 48.5 Å². The number of carbonyl (C=O) groups excluding carboxylic acids is 1. The molecule has 3 rings (SSSR count). The highest BCUT2D eigenvalue weighted by Gasteiger charge is 2.13. The van der Waals surface area contributed by atoms with E-state index in [0.717, 1.165) is 22.4 Å². The van der Waals surface area contributed by atoms with Gasteiger partial charge >= 0.3 is 0 Å². The molecular weight excluding hydrogens is 262 g/mol. The molecule has 0 bridgehead atoms. The van der Waals surface area contributed by atoms with Crippen molar-refractivity contribution >= 4 is 16.8 Å². The quantitative estimate of drug-likeness (QED) is 0.746. The molecule has 0 spiro atoms. The number of benzene rings is 2. The van der Waals surface area contributed by atoms with E-state index in [-0.39, 0.29) is 5.78 Å². The van der Waals surface area contributed by atoms with Crippen molar-refractivity contribution in [3.05, 3.63) is 65.5 Å². The molecule has 0 saturated carbocycles. The Morgan fingerprint density at radius 2 is 1.86 bits per heavy atom. The van der Waals surface area contributed by atoms with E-state index in [9.17, 15) is 4.79 Å². The lowest BCUT2D eigenvalue weighted by atomic mass is 10.1. The van der Waals surface area contributed by atoms with Crippen LogP contribution in [-0.2, 0) is 20.0 Å². The van der Waals surface area contributed by atoms with Gasteiger partial charge in [0.1, 0.15) is 5.82 Å². The topological polar surface area (TPSA) is 60.9 Å². The number of aryl methyl sites for hydroxylation is 1. The SMILES string of the molecule is Cn1c(CC(=O)c2ccc(CN)cc2)nc2ccccc21. The smallest absolute Gasteiger partial charge is 0.170 e. The first-order valence-corrected chi connectivity index (χ1v) is 6.91. The molecule has 2 N–H and O–H groups in total. The summed E-state index contributed by atoms with van der Waals surface area (Å²) >= 11 is 0. The van der Waals surface area contributed by atoms with Crippen LogP contribution in [0.4, 0.5) is 0 Å². The van der Waals surface area contributed by atoms with Gasteiger partial charge < -0.3 is 10.3 Å². The molecule has 0 atom stereocenters. The normalized spacial score (nSPS) is 11.0. The molecule has 0 fully saturated rings. The van der Waals surface area contributed by atoms with E-state index in [1.165, 1.54) is 0 Å². The maximum Gasteiger partial charge on any atom is 0.170 e. The summed E-state index contributed by atoms with van der Waals surface area (Å²) in [5, 5.41) is 0. The van der Waals surface area contributed by atoms with Crippen LogP contribution in [0, 0.1) is 0 Å². The maximum absolute atomic E-state index is 12.4. The van der Waals surface area contributed by atoms with Gasteiger partial charge in [-0.05, 0) is 17.7 Å². The zero-order valence-electron chi connectivity index (χ0n) is 11.9. The lowest BCUT2D eigenvalue weighted by molar-refractivity contribution is 0.0990. The van der Waals surface area contributed by atoms with Gasteiger partial charge in [-0.1, -0.05) is 36.4 Å². The largest absolute Gasteiger partial charge is 0.331 e. The number of nitrogens with two attached hydrogens (primary N) is 1. The summed E-state index contributed by atoms with van der Waals surface area (Å²) in [6.45, 7) is 0.485. The molecule has 1 aromatic heterocycles. The summed E-state index contributed by atoms with van der Waals surface area (Å²) in [7, 11) is 1.94. The van der Waals surface area contributed by atoms with Gasteiger partial charge in [0.05, 0.1) is 17.5 Å². The minimum Gasteiger partial charge on any atom is -0.331 e. The molecule has 0 unspecified atom stereocenters. The van der Waals surface area contributed by atoms with Gasteiger partial charge in [0.15, 0.2) is 5.78 Å². The van der Waals surface area contributed by atoms with Crippen LogP contribution in [0.25, 0.3) is 11.0 Å². The fourth-order valence-electron chi connectivity index (χ4n) is 2.43. The number of hydrogen-bond acceptors (Lipinski definition) is 3. The summed E-state index contributed by atoms with van der Waals surface area (Å²) in [5.41, 5.74) is 9.24. The third kappa shape index (κ3) is 2.58. The zero-order valence-corrected chi connectivity index (χ0v) is 11.9. The number of imidazole rings is 1. The molecule has 4 heteroatoms. The molecule has 0 aliphatic rings. The molecule has 2 aromatic carbocycles. The van der Waals surface area contributed by atoms with Crippen LogP contribution < -0.4 is 5.73 Å². The van der Waals surface area contributed by atoms with Crippen molar-refractivity contribution < 1.29 is 4.79 Å². The average molecular weight is 279 g/mol. The van der Waals surface area contributed by atoms with E-state index < -0.39 is 0 Å². The molecule has 1 heterocycles. The first-order chi connectivity index (χ1) is 10.2. The number of ketones is 1. The fraction of sp³-hybridized carbons (Fsp3) is 0.176. The van der Waals surface area contributed by atoms with Crippen molar-refractivity contribution in [1.82, 2.24) is 9.55 Å². The summed E-state index contributed by atoms with van der Waals surface area (Å²) in [6.07, 6.45) is 0.299. The second-order valence-corrected chi connectivity index (χ2v) is 5.08. The molecule has 0 amide bonds. The number of nitrogens with zero attached hydrogens (tertiary/aromatic N) is 2. The van der Waals surface area contributed by atoms with Gasteiger partial charge in [0, 0.05) is 19.2 Å². The van der Waals surface area contributed by atoms with Crippen molar-refractivity contribution in [2.75, 3.05) is 0 Å². The Morgan fingerprint density at radius 1 is 1.14 bits per heavy atom.